The fourth-order valence-electron chi connectivity index (χ4n) is 1.44. The van der Waals surface area contributed by atoms with Gasteiger partial charge >= 0.3 is 6.09 Å². The van der Waals surface area contributed by atoms with Gasteiger partial charge in [0.2, 0.25) is 5.91 Å². The molecule has 0 bridgehead atoms. The van der Waals surface area contributed by atoms with Gasteiger partial charge in [-0.3, -0.25) is 4.79 Å². The van der Waals surface area contributed by atoms with Gasteiger partial charge in [0.25, 0.3) is 0 Å². The molecule has 0 atom stereocenters. The minimum atomic E-state index is -0.527. The first-order valence-corrected chi connectivity index (χ1v) is 6.70. The van der Waals surface area contributed by atoms with Crippen molar-refractivity contribution in [3.05, 3.63) is 22.3 Å². The number of nitrogens with one attached hydrogen (secondary N) is 2. The summed E-state index contributed by atoms with van der Waals surface area (Å²) >= 11 is 3.32. The lowest BCUT2D eigenvalue weighted by atomic mass is 10.3. The molecule has 2 amide bonds. The van der Waals surface area contributed by atoms with Crippen LogP contribution in [0.2, 0.25) is 0 Å². The van der Waals surface area contributed by atoms with Gasteiger partial charge in [-0.05, 0) is 40.9 Å². The van der Waals surface area contributed by atoms with E-state index in [2.05, 4.69) is 31.5 Å². The van der Waals surface area contributed by atoms with Crippen LogP contribution >= 0.6 is 15.9 Å². The van der Waals surface area contributed by atoms with Crippen molar-refractivity contribution < 1.29 is 14.3 Å². The van der Waals surface area contributed by atoms with Crippen LogP contribution in [0.4, 0.5) is 10.6 Å². The number of pyridine rings is 1. The molecule has 0 saturated heterocycles. The fraction of sp³-hybridized carbons (Fsp3) is 0.417. The SMILES string of the molecule is CNC(=O)OCc1nc(NC(=O)C2CC2)ccc1Br. The zero-order chi connectivity index (χ0) is 13.8. The molecule has 1 aromatic rings. The van der Waals surface area contributed by atoms with Gasteiger partial charge < -0.3 is 15.4 Å². The number of nitrogens with zero attached hydrogens (tertiary/aromatic N) is 1. The maximum Gasteiger partial charge on any atom is 0.407 e. The first kappa shape index (κ1) is 13.8. The zero-order valence-electron chi connectivity index (χ0n) is 10.4. The Bertz CT molecular complexity index is 503. The molecule has 0 aliphatic heterocycles. The van der Waals surface area contributed by atoms with Crippen molar-refractivity contribution in [3.8, 4) is 0 Å². The summed E-state index contributed by atoms with van der Waals surface area (Å²) in [5, 5.41) is 5.10. The van der Waals surface area contributed by atoms with Crippen LogP contribution < -0.4 is 10.6 Å². The quantitative estimate of drug-likeness (QED) is 0.886. The number of carbonyl (C=O) groups is 2. The molecule has 6 nitrogen and oxygen atoms in total. The highest BCUT2D eigenvalue weighted by atomic mass is 79.9. The molecule has 1 aliphatic carbocycles. The Morgan fingerprint density at radius 3 is 2.84 bits per heavy atom. The van der Waals surface area contributed by atoms with Crippen LogP contribution in [0.3, 0.4) is 0 Å². The van der Waals surface area contributed by atoms with Crippen molar-refractivity contribution in [2.75, 3.05) is 12.4 Å². The summed E-state index contributed by atoms with van der Waals surface area (Å²) in [5.74, 6) is 0.583. The molecule has 1 fully saturated rings. The van der Waals surface area contributed by atoms with Gasteiger partial charge in [-0.25, -0.2) is 9.78 Å². The molecule has 0 unspecified atom stereocenters. The Balaban J connectivity index is 2.01. The average Bonchev–Trinajstić information content (AvgIpc) is 3.23. The van der Waals surface area contributed by atoms with Crippen molar-refractivity contribution >= 4 is 33.7 Å². The maximum atomic E-state index is 11.6. The minimum absolute atomic E-state index is 0.00649. The average molecular weight is 328 g/mol. The highest BCUT2D eigenvalue weighted by Gasteiger charge is 2.29. The minimum Gasteiger partial charge on any atom is -0.443 e. The number of anilines is 1. The number of hydrogen-bond donors (Lipinski definition) is 2. The molecule has 0 aromatic carbocycles. The predicted octanol–water partition coefficient (Wildman–Crippen LogP) is 2.05. The van der Waals surface area contributed by atoms with E-state index in [1.807, 2.05) is 0 Å². The molecule has 102 valence electrons. The van der Waals surface area contributed by atoms with Gasteiger partial charge in [-0.1, -0.05) is 0 Å². The summed E-state index contributed by atoms with van der Waals surface area (Å²) in [7, 11) is 1.48. The molecule has 1 aliphatic rings. The van der Waals surface area contributed by atoms with Crippen LogP contribution in [0.5, 0.6) is 0 Å². The van der Waals surface area contributed by atoms with Crippen molar-refractivity contribution in [1.29, 1.82) is 0 Å². The summed E-state index contributed by atoms with van der Waals surface area (Å²) in [6.07, 6.45) is 1.35. The Labute approximate surface area is 119 Å². The number of aromatic nitrogens is 1. The highest BCUT2D eigenvalue weighted by molar-refractivity contribution is 9.10. The standard InChI is InChI=1S/C12H14BrN3O3/c1-14-12(18)19-6-9-8(13)4-5-10(15-9)16-11(17)7-2-3-7/h4-5,7H,2-3,6H2,1H3,(H,14,18)(H,15,16,17). The van der Waals surface area contributed by atoms with E-state index < -0.39 is 6.09 Å². The van der Waals surface area contributed by atoms with Crippen LogP contribution in [0.1, 0.15) is 18.5 Å². The van der Waals surface area contributed by atoms with Gasteiger partial charge in [0.1, 0.15) is 12.4 Å². The van der Waals surface area contributed by atoms with E-state index in [9.17, 15) is 9.59 Å². The van der Waals surface area contributed by atoms with Crippen molar-refractivity contribution in [1.82, 2.24) is 10.3 Å². The Kier molecular flexibility index (Phi) is 4.36. The molecule has 1 heterocycles. The largest absolute Gasteiger partial charge is 0.443 e. The van der Waals surface area contributed by atoms with Gasteiger partial charge in [0.15, 0.2) is 0 Å². The number of rotatable bonds is 4. The zero-order valence-corrected chi connectivity index (χ0v) is 12.0. The smallest absolute Gasteiger partial charge is 0.407 e. The lowest BCUT2D eigenvalue weighted by molar-refractivity contribution is -0.117. The topological polar surface area (TPSA) is 80.3 Å². The number of alkyl carbamates (subject to hydrolysis) is 1. The molecule has 1 saturated carbocycles. The van der Waals surface area contributed by atoms with E-state index in [4.69, 9.17) is 4.74 Å². The van der Waals surface area contributed by atoms with E-state index in [1.54, 1.807) is 12.1 Å². The second kappa shape index (κ2) is 6.01. The summed E-state index contributed by atoms with van der Waals surface area (Å²) < 4.78 is 5.65. The summed E-state index contributed by atoms with van der Waals surface area (Å²) in [5.41, 5.74) is 0.553. The maximum absolute atomic E-state index is 11.6. The third kappa shape index (κ3) is 3.92. The molecular formula is C12H14BrN3O3. The van der Waals surface area contributed by atoms with Crippen LogP contribution in [0.15, 0.2) is 16.6 Å². The molecule has 1 aromatic heterocycles. The summed E-state index contributed by atoms with van der Waals surface area (Å²) in [4.78, 5) is 26.9. The van der Waals surface area contributed by atoms with E-state index in [-0.39, 0.29) is 18.4 Å². The van der Waals surface area contributed by atoms with Crippen LogP contribution in [0.25, 0.3) is 0 Å². The summed E-state index contributed by atoms with van der Waals surface area (Å²) in [6, 6.07) is 3.46. The first-order valence-electron chi connectivity index (χ1n) is 5.91. The highest BCUT2D eigenvalue weighted by Crippen LogP contribution is 2.30. The molecular weight excluding hydrogens is 314 g/mol. The second-order valence-electron chi connectivity index (χ2n) is 4.21. The van der Waals surface area contributed by atoms with E-state index in [0.29, 0.717) is 11.5 Å². The Morgan fingerprint density at radius 1 is 1.47 bits per heavy atom. The normalized spacial score (nSPS) is 13.8. The first-order chi connectivity index (χ1) is 9.10. The number of amides is 2. The lowest BCUT2D eigenvalue weighted by Gasteiger charge is -2.08. The molecule has 7 heteroatoms. The third-order valence-corrected chi connectivity index (χ3v) is 3.38. The van der Waals surface area contributed by atoms with Crippen LogP contribution in [-0.2, 0) is 16.1 Å². The molecule has 0 radical (unpaired) electrons. The van der Waals surface area contributed by atoms with Gasteiger partial charge in [0, 0.05) is 17.4 Å². The van der Waals surface area contributed by atoms with Crippen molar-refractivity contribution in [2.45, 2.75) is 19.4 Å². The number of halogens is 1. The predicted molar refractivity (Wildman–Crippen MR) is 72.5 cm³/mol. The van der Waals surface area contributed by atoms with Crippen molar-refractivity contribution in [3.63, 3.8) is 0 Å². The molecule has 2 rings (SSSR count). The molecule has 2 N–H and O–H groups in total. The van der Waals surface area contributed by atoms with Gasteiger partial charge in [-0.15, -0.1) is 0 Å². The third-order valence-electron chi connectivity index (χ3n) is 2.66. The van der Waals surface area contributed by atoms with E-state index in [0.717, 1.165) is 17.3 Å². The number of ether oxygens (including phenoxy) is 1. The van der Waals surface area contributed by atoms with Gasteiger partial charge in [0.05, 0.1) is 5.69 Å². The number of hydrogen-bond acceptors (Lipinski definition) is 4. The van der Waals surface area contributed by atoms with Crippen molar-refractivity contribution in [2.24, 2.45) is 5.92 Å². The van der Waals surface area contributed by atoms with Gasteiger partial charge in [-0.2, -0.15) is 0 Å². The molecule has 0 spiro atoms. The number of carbonyl (C=O) groups excluding carboxylic acids is 2. The fourth-order valence-corrected chi connectivity index (χ4v) is 1.77. The summed E-state index contributed by atoms with van der Waals surface area (Å²) in [6.45, 7) is 0.0351. The molecule has 19 heavy (non-hydrogen) atoms. The second-order valence-corrected chi connectivity index (χ2v) is 5.07. The lowest BCUT2D eigenvalue weighted by Crippen LogP contribution is -2.19. The Hall–Kier alpha value is -1.63. The Morgan fingerprint density at radius 2 is 2.21 bits per heavy atom. The van der Waals surface area contributed by atoms with E-state index in [1.165, 1.54) is 7.05 Å². The van der Waals surface area contributed by atoms with E-state index >= 15 is 0 Å². The van der Waals surface area contributed by atoms with Crippen LogP contribution in [-0.4, -0.2) is 24.0 Å². The monoisotopic (exact) mass is 327 g/mol. The van der Waals surface area contributed by atoms with Crippen LogP contribution in [0, 0.1) is 5.92 Å².